The number of ether oxygens (including phenoxy) is 1. The molecule has 5 nitrogen and oxygen atoms in total. The molecule has 2 aromatic heterocycles. The number of carbonyl (C=O) groups is 2. The molecule has 38 heavy (non-hydrogen) atoms. The van der Waals surface area contributed by atoms with Crippen LogP contribution in [0.25, 0.3) is 22.2 Å². The van der Waals surface area contributed by atoms with Crippen LogP contribution in [0, 0.1) is 18.3 Å². The highest BCUT2D eigenvalue weighted by Gasteiger charge is 2.34. The number of thiophene rings is 1. The summed E-state index contributed by atoms with van der Waals surface area (Å²) in [5, 5.41) is 4.45. The van der Waals surface area contributed by atoms with Crippen LogP contribution >= 0.6 is 11.3 Å². The topological polar surface area (TPSA) is 68.3 Å². The van der Waals surface area contributed by atoms with E-state index in [1.54, 1.807) is 6.92 Å². The molecule has 0 fully saturated rings. The Bertz CT molecular complexity index is 1510. The summed E-state index contributed by atoms with van der Waals surface area (Å²) in [5.41, 5.74) is 5.85. The van der Waals surface area contributed by atoms with Crippen molar-refractivity contribution in [1.29, 1.82) is 0 Å². The third-order valence-electron chi connectivity index (χ3n) is 7.50. The lowest BCUT2D eigenvalue weighted by atomic mass is 9.72. The predicted molar refractivity (Wildman–Crippen MR) is 155 cm³/mol. The summed E-state index contributed by atoms with van der Waals surface area (Å²) >= 11 is 1.52. The second-order valence-corrected chi connectivity index (χ2v) is 12.2. The van der Waals surface area contributed by atoms with Gasteiger partial charge in [-0.1, -0.05) is 68.8 Å². The van der Waals surface area contributed by atoms with Gasteiger partial charge in [0.1, 0.15) is 5.00 Å². The highest BCUT2D eigenvalue weighted by molar-refractivity contribution is 7.17. The highest BCUT2D eigenvalue weighted by Crippen LogP contribution is 2.44. The van der Waals surface area contributed by atoms with Crippen LogP contribution in [-0.4, -0.2) is 23.5 Å². The fourth-order valence-corrected chi connectivity index (χ4v) is 6.55. The van der Waals surface area contributed by atoms with E-state index in [0.29, 0.717) is 22.0 Å². The largest absolute Gasteiger partial charge is 0.462 e. The van der Waals surface area contributed by atoms with Crippen molar-refractivity contribution in [2.75, 3.05) is 11.9 Å². The van der Waals surface area contributed by atoms with Crippen molar-refractivity contribution in [3.63, 3.8) is 0 Å². The van der Waals surface area contributed by atoms with Gasteiger partial charge in [-0.3, -0.25) is 4.79 Å². The molecule has 0 spiro atoms. The minimum absolute atomic E-state index is 0.178. The first-order valence-corrected chi connectivity index (χ1v) is 14.1. The first-order chi connectivity index (χ1) is 18.2. The number of benzene rings is 2. The first-order valence-electron chi connectivity index (χ1n) is 13.3. The van der Waals surface area contributed by atoms with Gasteiger partial charge in [-0.2, -0.15) is 0 Å². The molecule has 196 valence electrons. The fraction of sp³-hybridized carbons (Fsp3) is 0.344. The Hall–Kier alpha value is -3.51. The van der Waals surface area contributed by atoms with Crippen molar-refractivity contribution >= 4 is 39.1 Å². The van der Waals surface area contributed by atoms with Crippen molar-refractivity contribution in [1.82, 2.24) is 4.98 Å². The molecule has 1 aliphatic rings. The Kier molecular flexibility index (Phi) is 7.10. The molecule has 0 aliphatic heterocycles. The number of anilines is 1. The van der Waals surface area contributed by atoms with E-state index in [4.69, 9.17) is 9.72 Å². The number of nitrogens with one attached hydrogen (secondary N) is 1. The van der Waals surface area contributed by atoms with Crippen LogP contribution in [-0.2, 0) is 17.6 Å². The van der Waals surface area contributed by atoms with Crippen LogP contribution in [0.3, 0.4) is 0 Å². The van der Waals surface area contributed by atoms with E-state index in [-0.39, 0.29) is 23.9 Å². The van der Waals surface area contributed by atoms with E-state index in [0.717, 1.165) is 52.5 Å². The molecule has 1 N–H and O–H groups in total. The number of esters is 1. The Balaban J connectivity index is 1.56. The Morgan fingerprint density at radius 1 is 1.11 bits per heavy atom. The van der Waals surface area contributed by atoms with Gasteiger partial charge in [0.05, 0.1) is 28.9 Å². The minimum Gasteiger partial charge on any atom is -0.462 e. The van der Waals surface area contributed by atoms with Crippen molar-refractivity contribution < 1.29 is 14.3 Å². The molecule has 0 radical (unpaired) electrons. The van der Waals surface area contributed by atoms with Crippen molar-refractivity contribution in [3.8, 4) is 11.3 Å². The van der Waals surface area contributed by atoms with Gasteiger partial charge in [-0.15, -0.1) is 11.3 Å². The molecule has 4 aromatic rings. The molecule has 2 heterocycles. The monoisotopic (exact) mass is 526 g/mol. The summed E-state index contributed by atoms with van der Waals surface area (Å²) in [4.78, 5) is 33.0. The number of para-hydroxylation sites is 1. The normalized spacial score (nSPS) is 15.2. The Labute approximate surface area is 228 Å². The molecule has 0 saturated heterocycles. The summed E-state index contributed by atoms with van der Waals surface area (Å²) in [6.07, 6.45) is 2.73. The minimum atomic E-state index is -0.366. The molecule has 0 bridgehead atoms. The maximum absolute atomic E-state index is 13.9. The van der Waals surface area contributed by atoms with Gasteiger partial charge < -0.3 is 10.1 Å². The summed E-state index contributed by atoms with van der Waals surface area (Å²) < 4.78 is 5.44. The Morgan fingerprint density at radius 2 is 1.84 bits per heavy atom. The number of rotatable bonds is 5. The van der Waals surface area contributed by atoms with E-state index >= 15 is 0 Å². The third-order valence-corrected chi connectivity index (χ3v) is 8.67. The molecule has 1 amide bonds. The molecular weight excluding hydrogens is 492 g/mol. The molecule has 1 aliphatic carbocycles. The number of carbonyl (C=O) groups excluding carboxylic acids is 2. The SMILES string of the molecule is CCOC(=O)c1c(NC(=O)c2cc(-c3ccc(C)cc3)nc3ccccc23)sc2c1CC[C@H](C(C)(C)C)C2. The zero-order chi connectivity index (χ0) is 27.0. The zero-order valence-corrected chi connectivity index (χ0v) is 23.5. The maximum Gasteiger partial charge on any atom is 0.341 e. The second kappa shape index (κ2) is 10.3. The van der Waals surface area contributed by atoms with Gasteiger partial charge in [0.15, 0.2) is 0 Å². The van der Waals surface area contributed by atoms with E-state index < -0.39 is 0 Å². The number of amides is 1. The summed E-state index contributed by atoms with van der Waals surface area (Å²) in [5.74, 6) is -0.101. The van der Waals surface area contributed by atoms with Gasteiger partial charge in [-0.05, 0) is 62.1 Å². The van der Waals surface area contributed by atoms with Crippen LogP contribution in [0.15, 0.2) is 54.6 Å². The summed E-state index contributed by atoms with van der Waals surface area (Å²) in [6, 6.07) is 17.6. The molecule has 2 aromatic carbocycles. The number of pyridine rings is 1. The number of fused-ring (bicyclic) bond motifs is 2. The van der Waals surface area contributed by atoms with Crippen LogP contribution in [0.5, 0.6) is 0 Å². The van der Waals surface area contributed by atoms with Gasteiger partial charge in [0, 0.05) is 15.8 Å². The van der Waals surface area contributed by atoms with E-state index in [1.807, 2.05) is 61.5 Å². The molecule has 0 unspecified atom stereocenters. The van der Waals surface area contributed by atoms with Crippen molar-refractivity contribution in [2.24, 2.45) is 11.3 Å². The molecule has 6 heteroatoms. The molecule has 5 rings (SSSR count). The van der Waals surface area contributed by atoms with Crippen LogP contribution < -0.4 is 5.32 Å². The lowest BCUT2D eigenvalue weighted by molar-refractivity contribution is 0.0526. The van der Waals surface area contributed by atoms with Gasteiger partial charge >= 0.3 is 5.97 Å². The van der Waals surface area contributed by atoms with Crippen molar-refractivity contribution in [3.05, 3.63) is 81.7 Å². The standard InChI is InChI=1S/C32H34N2O3S/c1-6-37-31(36)28-23-16-15-21(32(3,4)5)17-27(23)38-30(28)34-29(35)24-18-26(20-13-11-19(2)12-14-20)33-25-10-8-7-9-22(24)25/h7-14,18,21H,6,15-17H2,1-5H3,(H,34,35)/t21-/m0/s1. The first kappa shape index (κ1) is 26.1. The van der Waals surface area contributed by atoms with E-state index in [2.05, 4.69) is 26.1 Å². The quantitative estimate of drug-likeness (QED) is 0.269. The predicted octanol–water partition coefficient (Wildman–Crippen LogP) is 7.85. The lowest BCUT2D eigenvalue weighted by Crippen LogP contribution is -2.26. The molecule has 1 atom stereocenters. The number of aromatic nitrogens is 1. The zero-order valence-electron chi connectivity index (χ0n) is 22.7. The smallest absolute Gasteiger partial charge is 0.341 e. The van der Waals surface area contributed by atoms with Gasteiger partial charge in [0.25, 0.3) is 5.91 Å². The van der Waals surface area contributed by atoms with Crippen LogP contribution in [0.4, 0.5) is 5.00 Å². The lowest BCUT2D eigenvalue weighted by Gasteiger charge is -2.33. The number of nitrogens with zero attached hydrogens (tertiary/aromatic N) is 1. The number of hydrogen-bond donors (Lipinski definition) is 1. The number of aryl methyl sites for hydroxylation is 1. The average molecular weight is 527 g/mol. The number of hydrogen-bond acceptors (Lipinski definition) is 5. The van der Waals surface area contributed by atoms with Gasteiger partial charge in [0.2, 0.25) is 0 Å². The maximum atomic E-state index is 13.9. The average Bonchev–Trinajstić information content (AvgIpc) is 3.25. The fourth-order valence-electron chi connectivity index (χ4n) is 5.24. The van der Waals surface area contributed by atoms with E-state index in [9.17, 15) is 9.59 Å². The third kappa shape index (κ3) is 5.10. The van der Waals surface area contributed by atoms with Crippen molar-refractivity contribution in [2.45, 2.75) is 53.9 Å². The highest BCUT2D eigenvalue weighted by atomic mass is 32.1. The van der Waals surface area contributed by atoms with Gasteiger partial charge in [-0.25, -0.2) is 9.78 Å². The van der Waals surface area contributed by atoms with E-state index in [1.165, 1.54) is 16.2 Å². The molecule has 0 saturated carbocycles. The second-order valence-electron chi connectivity index (χ2n) is 11.1. The molecular formula is C32H34N2O3S. The summed E-state index contributed by atoms with van der Waals surface area (Å²) in [6.45, 7) is 10.9. The summed E-state index contributed by atoms with van der Waals surface area (Å²) in [7, 11) is 0. The van der Waals surface area contributed by atoms with Crippen LogP contribution in [0.1, 0.15) is 70.8 Å². The Morgan fingerprint density at radius 3 is 2.55 bits per heavy atom. The van der Waals surface area contributed by atoms with Crippen LogP contribution in [0.2, 0.25) is 0 Å².